The van der Waals surface area contributed by atoms with Crippen LogP contribution in [0.1, 0.15) is 37.8 Å². The number of alkyl halides is 1. The van der Waals surface area contributed by atoms with Crippen molar-refractivity contribution in [3.8, 4) is 0 Å². The van der Waals surface area contributed by atoms with Crippen molar-refractivity contribution in [3.05, 3.63) is 71.7 Å². The Morgan fingerprint density at radius 3 is 2.50 bits per heavy atom. The molecule has 3 aromatic rings. The van der Waals surface area contributed by atoms with Gasteiger partial charge >= 0.3 is 0 Å². The fraction of sp³-hybridized carbons (Fsp3) is 0.407. The Balaban J connectivity index is 1.53. The van der Waals surface area contributed by atoms with E-state index in [1.807, 2.05) is 38.2 Å². The number of carbonyl (C=O) groups is 2. The molecule has 0 atom stereocenters. The Labute approximate surface area is 204 Å². The molecule has 0 spiro atoms. The van der Waals surface area contributed by atoms with Gasteiger partial charge in [0.15, 0.2) is 0 Å². The van der Waals surface area contributed by atoms with Gasteiger partial charge in [-0.05, 0) is 62.4 Å². The number of amides is 2. The molecule has 180 valence electrons. The predicted octanol–water partition coefficient (Wildman–Crippen LogP) is 5.13. The third-order valence-electron chi connectivity index (χ3n) is 6.43. The number of aromatic nitrogens is 1. The first kappa shape index (κ1) is 24.3. The van der Waals surface area contributed by atoms with Crippen LogP contribution in [0.5, 0.6) is 0 Å². The van der Waals surface area contributed by atoms with E-state index in [4.69, 9.17) is 11.6 Å². The van der Waals surface area contributed by atoms with Gasteiger partial charge < -0.3 is 14.8 Å². The van der Waals surface area contributed by atoms with E-state index in [0.29, 0.717) is 19.5 Å². The molecular weight excluding hydrogens is 453 g/mol. The Hall–Kier alpha value is -2.86. The number of aromatic amines is 1. The fourth-order valence-electron chi connectivity index (χ4n) is 4.14. The van der Waals surface area contributed by atoms with Gasteiger partial charge in [-0.25, -0.2) is 4.39 Å². The maximum Gasteiger partial charge on any atom is 0.242 e. The smallest absolute Gasteiger partial charge is 0.242 e. The van der Waals surface area contributed by atoms with Crippen molar-refractivity contribution >= 4 is 34.3 Å². The molecule has 7 heteroatoms. The van der Waals surface area contributed by atoms with Crippen LogP contribution in [0.15, 0.2) is 54.7 Å². The summed E-state index contributed by atoms with van der Waals surface area (Å²) in [7, 11) is 0. The van der Waals surface area contributed by atoms with E-state index < -0.39 is 5.41 Å². The normalized spacial score (nSPS) is 13.8. The molecule has 1 aromatic heterocycles. The molecule has 0 radical (unpaired) electrons. The van der Waals surface area contributed by atoms with E-state index in [1.54, 1.807) is 21.9 Å². The first-order valence-corrected chi connectivity index (χ1v) is 12.3. The van der Waals surface area contributed by atoms with Crippen LogP contribution >= 0.6 is 11.6 Å². The second-order valence-corrected chi connectivity index (χ2v) is 10.0. The lowest BCUT2D eigenvalue weighted by Gasteiger charge is -2.32. The largest absolute Gasteiger partial charge is 0.361 e. The Morgan fingerprint density at radius 1 is 1.12 bits per heavy atom. The fourth-order valence-corrected chi connectivity index (χ4v) is 4.25. The molecule has 0 unspecified atom stereocenters. The second kappa shape index (κ2) is 10.2. The summed E-state index contributed by atoms with van der Waals surface area (Å²) < 4.78 is 13.4. The number of benzene rings is 2. The summed E-state index contributed by atoms with van der Waals surface area (Å²) >= 11 is 6.05. The monoisotopic (exact) mass is 483 g/mol. The molecule has 1 aliphatic rings. The van der Waals surface area contributed by atoms with Gasteiger partial charge in [-0.3, -0.25) is 9.59 Å². The third-order valence-corrected chi connectivity index (χ3v) is 7.10. The van der Waals surface area contributed by atoms with Gasteiger partial charge in [-0.1, -0.05) is 30.3 Å². The van der Waals surface area contributed by atoms with Crippen LogP contribution in [-0.2, 0) is 22.6 Å². The van der Waals surface area contributed by atoms with Crippen molar-refractivity contribution < 1.29 is 14.0 Å². The van der Waals surface area contributed by atoms with E-state index in [9.17, 15) is 14.0 Å². The number of nitrogens with zero attached hydrogens (tertiary/aromatic N) is 2. The molecule has 1 saturated carbocycles. The van der Waals surface area contributed by atoms with Gasteiger partial charge in [0.2, 0.25) is 11.8 Å². The maximum absolute atomic E-state index is 13.5. The van der Waals surface area contributed by atoms with Gasteiger partial charge in [-0.15, -0.1) is 11.6 Å². The van der Waals surface area contributed by atoms with Gasteiger partial charge in [0.05, 0.1) is 5.41 Å². The quantitative estimate of drug-likeness (QED) is 0.406. The number of halogens is 2. The SMILES string of the molecule is CC(C)(CCl)C(=O)N(CC(=O)N(CCc1c[nH]c2ccccc12)Cc1ccc(F)cc1)C1CC1. The van der Waals surface area contributed by atoms with Crippen molar-refractivity contribution in [1.29, 1.82) is 0 Å². The maximum atomic E-state index is 13.5. The lowest BCUT2D eigenvalue weighted by atomic mass is 9.94. The molecule has 0 bridgehead atoms. The zero-order valence-electron chi connectivity index (χ0n) is 19.7. The van der Waals surface area contributed by atoms with Crippen LogP contribution in [-0.4, -0.2) is 51.6 Å². The lowest BCUT2D eigenvalue weighted by molar-refractivity contribution is -0.146. The second-order valence-electron chi connectivity index (χ2n) is 9.73. The standard InChI is InChI=1S/C27H31ClFN3O2/c1-27(2,18-28)26(34)32(22-11-12-22)17-25(33)31(16-19-7-9-21(29)10-8-19)14-13-20-15-30-24-6-4-3-5-23(20)24/h3-10,15,22,30H,11-14,16-18H2,1-2H3. The molecule has 0 saturated heterocycles. The van der Waals surface area contributed by atoms with E-state index in [2.05, 4.69) is 11.1 Å². The minimum absolute atomic E-state index is 0.0267. The average Bonchev–Trinajstić information content (AvgIpc) is 3.60. The number of para-hydroxylation sites is 1. The number of hydrogen-bond donors (Lipinski definition) is 1. The number of carbonyl (C=O) groups excluding carboxylic acids is 2. The molecular formula is C27H31ClFN3O2. The van der Waals surface area contributed by atoms with E-state index >= 15 is 0 Å². The number of fused-ring (bicyclic) bond motifs is 1. The molecule has 2 amide bonds. The summed E-state index contributed by atoms with van der Waals surface area (Å²) in [6, 6.07) is 14.4. The van der Waals surface area contributed by atoms with Crippen LogP contribution in [0, 0.1) is 11.2 Å². The third kappa shape index (κ3) is 5.61. The minimum atomic E-state index is -0.726. The Kier molecular flexibility index (Phi) is 7.27. The van der Waals surface area contributed by atoms with Gasteiger partial charge in [0.25, 0.3) is 0 Å². The first-order valence-electron chi connectivity index (χ1n) is 11.7. The summed E-state index contributed by atoms with van der Waals surface area (Å²) in [6.07, 6.45) is 4.46. The average molecular weight is 484 g/mol. The topological polar surface area (TPSA) is 56.4 Å². The summed E-state index contributed by atoms with van der Waals surface area (Å²) in [4.78, 5) is 33.4. The molecule has 1 aliphatic carbocycles. The molecule has 1 fully saturated rings. The predicted molar refractivity (Wildman–Crippen MR) is 133 cm³/mol. The highest BCUT2D eigenvalue weighted by molar-refractivity contribution is 6.19. The van der Waals surface area contributed by atoms with Crippen LogP contribution in [0.3, 0.4) is 0 Å². The van der Waals surface area contributed by atoms with E-state index in [1.165, 1.54) is 12.1 Å². The summed E-state index contributed by atoms with van der Waals surface area (Å²) in [5.74, 6) is -0.316. The van der Waals surface area contributed by atoms with Crippen molar-refractivity contribution in [3.63, 3.8) is 0 Å². The highest BCUT2D eigenvalue weighted by Gasteiger charge is 2.40. The molecule has 5 nitrogen and oxygen atoms in total. The molecule has 1 heterocycles. The highest BCUT2D eigenvalue weighted by atomic mass is 35.5. The van der Waals surface area contributed by atoms with Crippen molar-refractivity contribution in [1.82, 2.24) is 14.8 Å². The van der Waals surface area contributed by atoms with Crippen molar-refractivity contribution in [2.45, 2.75) is 45.7 Å². The lowest BCUT2D eigenvalue weighted by Crippen LogP contribution is -2.49. The number of hydrogen-bond acceptors (Lipinski definition) is 2. The zero-order valence-corrected chi connectivity index (χ0v) is 20.4. The Morgan fingerprint density at radius 2 is 1.82 bits per heavy atom. The van der Waals surface area contributed by atoms with Gasteiger partial charge in [0, 0.05) is 42.1 Å². The highest BCUT2D eigenvalue weighted by Crippen LogP contribution is 2.32. The van der Waals surface area contributed by atoms with E-state index in [-0.39, 0.29) is 36.1 Å². The Bertz CT molecular complexity index is 1150. The molecule has 0 aliphatic heterocycles. The zero-order chi connectivity index (χ0) is 24.3. The summed E-state index contributed by atoms with van der Waals surface area (Å²) in [6.45, 7) is 4.50. The van der Waals surface area contributed by atoms with Crippen LogP contribution < -0.4 is 0 Å². The number of rotatable bonds is 10. The molecule has 2 aromatic carbocycles. The molecule has 4 rings (SSSR count). The van der Waals surface area contributed by atoms with Crippen molar-refractivity contribution in [2.24, 2.45) is 5.41 Å². The van der Waals surface area contributed by atoms with Gasteiger partial charge in [0.1, 0.15) is 12.4 Å². The van der Waals surface area contributed by atoms with Crippen LogP contribution in [0.4, 0.5) is 4.39 Å². The van der Waals surface area contributed by atoms with Crippen LogP contribution in [0.2, 0.25) is 0 Å². The minimum Gasteiger partial charge on any atom is -0.361 e. The number of nitrogens with one attached hydrogen (secondary N) is 1. The van der Waals surface area contributed by atoms with Gasteiger partial charge in [-0.2, -0.15) is 0 Å². The summed E-state index contributed by atoms with van der Waals surface area (Å²) in [5.41, 5.74) is 2.31. The molecule has 34 heavy (non-hydrogen) atoms. The number of H-pyrrole nitrogens is 1. The van der Waals surface area contributed by atoms with Crippen LogP contribution in [0.25, 0.3) is 10.9 Å². The van der Waals surface area contributed by atoms with E-state index in [0.717, 1.165) is 34.9 Å². The molecule has 1 N–H and O–H groups in total. The summed E-state index contributed by atoms with van der Waals surface area (Å²) in [5, 5.41) is 1.13. The first-order chi connectivity index (χ1) is 16.3. The van der Waals surface area contributed by atoms with Crippen molar-refractivity contribution in [2.75, 3.05) is 19.0 Å².